The van der Waals surface area contributed by atoms with Crippen LogP contribution in [0.15, 0.2) is 30.3 Å². The lowest BCUT2D eigenvalue weighted by Crippen LogP contribution is -2.08. The summed E-state index contributed by atoms with van der Waals surface area (Å²) in [6.07, 6.45) is 3.76. The summed E-state index contributed by atoms with van der Waals surface area (Å²) in [6, 6.07) is 10.3. The third-order valence-corrected chi connectivity index (χ3v) is 3.05. The van der Waals surface area contributed by atoms with Crippen molar-refractivity contribution in [2.75, 3.05) is 11.7 Å². The Balaban J connectivity index is 0.000000553. The number of phenols is 1. The molecule has 22 heavy (non-hydrogen) atoms. The highest BCUT2D eigenvalue weighted by atomic mass is 35.5. The standard InChI is InChI=1S/C13H13NO.C3H8.C2H6.CH3Cl/c1-8-6-11-9-4-2-3-5-10(9)13(15)7-12(11)14-8;1-3-2;2*1-2/h2-5,7-8,14-15H,6H2,1H3;3H2,1-2H3;1-2H3;1H3/t8-;;;/m0.../s1. The van der Waals surface area contributed by atoms with Crippen molar-refractivity contribution in [1.29, 1.82) is 0 Å². The van der Waals surface area contributed by atoms with Crippen LogP contribution in [0.5, 0.6) is 5.75 Å². The molecule has 2 N–H and O–H groups in total. The van der Waals surface area contributed by atoms with Crippen molar-refractivity contribution in [3.05, 3.63) is 35.9 Å². The van der Waals surface area contributed by atoms with Crippen molar-refractivity contribution in [2.24, 2.45) is 0 Å². The van der Waals surface area contributed by atoms with Gasteiger partial charge in [0, 0.05) is 29.6 Å². The van der Waals surface area contributed by atoms with Crippen LogP contribution in [-0.2, 0) is 6.42 Å². The van der Waals surface area contributed by atoms with Crippen LogP contribution in [0.25, 0.3) is 10.8 Å². The maximum Gasteiger partial charge on any atom is 0.125 e. The summed E-state index contributed by atoms with van der Waals surface area (Å²) < 4.78 is 0. The third-order valence-electron chi connectivity index (χ3n) is 3.05. The van der Waals surface area contributed by atoms with Crippen LogP contribution < -0.4 is 5.32 Å². The van der Waals surface area contributed by atoms with E-state index < -0.39 is 0 Å². The number of phenolic OH excluding ortho intramolecular Hbond substituents is 1. The van der Waals surface area contributed by atoms with Gasteiger partial charge in [0.15, 0.2) is 0 Å². The molecule has 0 bridgehead atoms. The molecule has 0 saturated carbocycles. The molecule has 124 valence electrons. The summed E-state index contributed by atoms with van der Waals surface area (Å²) >= 11 is 4.64. The number of hydrogen-bond acceptors (Lipinski definition) is 2. The lowest BCUT2D eigenvalue weighted by molar-refractivity contribution is 0.482. The van der Waals surface area contributed by atoms with Crippen LogP contribution >= 0.6 is 11.6 Å². The molecule has 0 radical (unpaired) electrons. The molecule has 0 saturated heterocycles. The second-order valence-electron chi connectivity index (χ2n) is 4.92. The van der Waals surface area contributed by atoms with Gasteiger partial charge in [0.25, 0.3) is 0 Å². The predicted octanol–water partition coefficient (Wildman–Crippen LogP) is 6.20. The average Bonchev–Trinajstić information content (AvgIpc) is 2.93. The number of anilines is 1. The van der Waals surface area contributed by atoms with E-state index in [9.17, 15) is 5.11 Å². The van der Waals surface area contributed by atoms with Crippen LogP contribution in [0.1, 0.15) is 46.6 Å². The second kappa shape index (κ2) is 11.2. The molecule has 1 atom stereocenters. The quantitative estimate of drug-likeness (QED) is 0.566. The smallest absolute Gasteiger partial charge is 0.125 e. The molecule has 2 nitrogen and oxygen atoms in total. The minimum absolute atomic E-state index is 0.367. The number of nitrogens with one attached hydrogen (secondary N) is 1. The van der Waals surface area contributed by atoms with Crippen LogP contribution in [0.2, 0.25) is 0 Å². The monoisotopic (exact) mass is 323 g/mol. The molecule has 1 heterocycles. The molecule has 3 heteroatoms. The molecular weight excluding hydrogens is 294 g/mol. The molecule has 2 aromatic carbocycles. The van der Waals surface area contributed by atoms with Gasteiger partial charge >= 0.3 is 0 Å². The summed E-state index contributed by atoms with van der Waals surface area (Å²) in [4.78, 5) is 0. The maximum absolute atomic E-state index is 9.88. The Labute approximate surface area is 140 Å². The first-order chi connectivity index (χ1) is 10.7. The van der Waals surface area contributed by atoms with Crippen molar-refractivity contribution < 1.29 is 5.11 Å². The SMILES string of the molecule is CC.CCC.CCl.C[C@H]1Cc2c(cc(O)c3ccccc23)N1. The van der Waals surface area contributed by atoms with Crippen molar-refractivity contribution in [2.45, 2.75) is 53.5 Å². The molecule has 2 aromatic rings. The Bertz CT molecular complexity index is 554. The number of rotatable bonds is 0. The van der Waals surface area contributed by atoms with Crippen molar-refractivity contribution in [3.63, 3.8) is 0 Å². The van der Waals surface area contributed by atoms with Gasteiger partial charge in [-0.15, -0.1) is 11.6 Å². The number of aromatic hydroxyl groups is 1. The van der Waals surface area contributed by atoms with E-state index in [1.165, 1.54) is 23.8 Å². The van der Waals surface area contributed by atoms with E-state index in [4.69, 9.17) is 0 Å². The summed E-state index contributed by atoms with van der Waals surface area (Å²) in [5, 5.41) is 15.4. The second-order valence-corrected chi connectivity index (χ2v) is 4.92. The van der Waals surface area contributed by atoms with Crippen LogP contribution in [-0.4, -0.2) is 17.5 Å². The molecule has 0 aliphatic carbocycles. The minimum atomic E-state index is 0.367. The predicted molar refractivity (Wildman–Crippen MR) is 101 cm³/mol. The van der Waals surface area contributed by atoms with E-state index in [1.807, 2.05) is 38.1 Å². The lowest BCUT2D eigenvalue weighted by atomic mass is 10.0. The average molecular weight is 324 g/mol. The van der Waals surface area contributed by atoms with Gasteiger partial charge in [0.05, 0.1) is 0 Å². The van der Waals surface area contributed by atoms with E-state index >= 15 is 0 Å². The van der Waals surface area contributed by atoms with Gasteiger partial charge in [-0.2, -0.15) is 0 Å². The van der Waals surface area contributed by atoms with E-state index in [0.717, 1.165) is 17.5 Å². The molecule has 0 fully saturated rings. The van der Waals surface area contributed by atoms with Crippen molar-refractivity contribution in [3.8, 4) is 5.75 Å². The molecule has 1 aliphatic heterocycles. The van der Waals surface area contributed by atoms with Gasteiger partial charge in [-0.1, -0.05) is 58.4 Å². The Morgan fingerprint density at radius 2 is 1.64 bits per heavy atom. The lowest BCUT2D eigenvalue weighted by Gasteiger charge is -2.06. The largest absolute Gasteiger partial charge is 0.507 e. The highest BCUT2D eigenvalue weighted by Gasteiger charge is 2.20. The number of halogens is 1. The molecule has 0 spiro atoms. The fourth-order valence-corrected chi connectivity index (χ4v) is 2.39. The third kappa shape index (κ3) is 5.10. The van der Waals surface area contributed by atoms with E-state index in [2.05, 4.69) is 43.8 Å². The first-order valence-corrected chi connectivity index (χ1v) is 8.80. The van der Waals surface area contributed by atoms with Gasteiger partial charge in [-0.3, -0.25) is 0 Å². The first-order valence-electron chi connectivity index (χ1n) is 8.05. The number of benzene rings is 2. The fourth-order valence-electron chi connectivity index (χ4n) is 2.39. The summed E-state index contributed by atoms with van der Waals surface area (Å²) in [6.45, 7) is 10.4. The van der Waals surface area contributed by atoms with Crippen molar-refractivity contribution >= 4 is 28.1 Å². The Kier molecular flexibility index (Phi) is 10.5. The van der Waals surface area contributed by atoms with Gasteiger partial charge in [0.1, 0.15) is 5.75 Å². The van der Waals surface area contributed by atoms with Crippen LogP contribution in [0, 0.1) is 0 Å². The van der Waals surface area contributed by atoms with Crippen LogP contribution in [0.3, 0.4) is 0 Å². The Morgan fingerprint density at radius 3 is 2.18 bits per heavy atom. The summed E-state index contributed by atoms with van der Waals surface area (Å²) in [5.41, 5.74) is 2.41. The molecule has 1 aliphatic rings. The number of hydrogen-bond donors (Lipinski definition) is 2. The zero-order valence-electron chi connectivity index (χ0n) is 14.7. The van der Waals surface area contributed by atoms with Gasteiger partial charge in [0.2, 0.25) is 0 Å². The van der Waals surface area contributed by atoms with E-state index in [-0.39, 0.29) is 0 Å². The maximum atomic E-state index is 9.88. The van der Waals surface area contributed by atoms with Gasteiger partial charge in [-0.05, 0) is 24.3 Å². The van der Waals surface area contributed by atoms with E-state index in [0.29, 0.717) is 11.8 Å². The van der Waals surface area contributed by atoms with Gasteiger partial charge in [-0.25, -0.2) is 0 Å². The van der Waals surface area contributed by atoms with E-state index in [1.54, 1.807) is 0 Å². The molecule has 3 rings (SSSR count). The normalized spacial score (nSPS) is 14.2. The van der Waals surface area contributed by atoms with Crippen LogP contribution in [0.4, 0.5) is 5.69 Å². The Hall–Kier alpha value is -1.41. The highest BCUT2D eigenvalue weighted by Crippen LogP contribution is 2.37. The molecule has 0 amide bonds. The first kappa shape index (κ1) is 20.6. The highest BCUT2D eigenvalue weighted by molar-refractivity contribution is 6.15. The van der Waals surface area contributed by atoms with Crippen molar-refractivity contribution in [1.82, 2.24) is 0 Å². The molecular formula is C19H30ClNO. The topological polar surface area (TPSA) is 32.3 Å². The summed E-state index contributed by atoms with van der Waals surface area (Å²) in [7, 11) is 0. The zero-order chi connectivity index (χ0) is 17.1. The fraction of sp³-hybridized carbons (Fsp3) is 0.474. The number of fused-ring (bicyclic) bond motifs is 3. The molecule has 0 unspecified atom stereocenters. The Morgan fingerprint density at radius 1 is 1.14 bits per heavy atom. The number of alkyl halides is 1. The summed E-state index contributed by atoms with van der Waals surface area (Å²) in [5.74, 6) is 0.367. The zero-order valence-corrected chi connectivity index (χ0v) is 15.5. The molecule has 0 aromatic heterocycles. The van der Waals surface area contributed by atoms with Gasteiger partial charge < -0.3 is 10.4 Å². The minimum Gasteiger partial charge on any atom is -0.507 e.